The number of likely N-dealkylation sites (N-methyl/N-ethyl adjacent to an activating group) is 6. The largest absolute Gasteiger partial charge is 0.358 e. The third-order valence-corrected chi connectivity index (χ3v) is 5.38. The van der Waals surface area contributed by atoms with Gasteiger partial charge >= 0.3 is 0 Å². The van der Waals surface area contributed by atoms with E-state index in [1.807, 2.05) is 0 Å². The minimum Gasteiger partial charge on any atom is -0.358 e. The van der Waals surface area contributed by atoms with Gasteiger partial charge in [-0.3, -0.25) is 28.8 Å². The lowest BCUT2D eigenvalue weighted by molar-refractivity contribution is -0.150. The lowest BCUT2D eigenvalue weighted by Crippen LogP contribution is -2.55. The number of carbonyl (C=O) groups excluding carboxylic acids is 6. The van der Waals surface area contributed by atoms with Gasteiger partial charge in [0.1, 0.15) is 12.1 Å². The highest BCUT2D eigenvalue weighted by atomic mass is 16.2. The Hall–Kier alpha value is -3.18. The van der Waals surface area contributed by atoms with E-state index < -0.39 is 35.7 Å². The van der Waals surface area contributed by atoms with Crippen molar-refractivity contribution in [3.05, 3.63) is 0 Å². The van der Waals surface area contributed by atoms with Crippen molar-refractivity contribution >= 4 is 35.9 Å². The third-order valence-electron chi connectivity index (χ3n) is 5.38. The molecule has 0 aromatic heterocycles. The molecule has 33 heavy (non-hydrogen) atoms. The summed E-state index contributed by atoms with van der Waals surface area (Å²) in [5, 5.41) is 2.45. The van der Waals surface area contributed by atoms with Crippen LogP contribution in [0.3, 0.4) is 0 Å². The first kappa shape index (κ1) is 29.8. The van der Waals surface area contributed by atoms with E-state index in [4.69, 9.17) is 0 Å². The highest BCUT2D eigenvalue weighted by Crippen LogP contribution is 2.13. The van der Waals surface area contributed by atoms with Crippen molar-refractivity contribution in [3.63, 3.8) is 0 Å². The molecule has 0 spiro atoms. The highest BCUT2D eigenvalue weighted by molar-refractivity contribution is 5.93. The van der Waals surface area contributed by atoms with Gasteiger partial charge < -0.3 is 29.8 Å². The first-order chi connectivity index (χ1) is 15.2. The van der Waals surface area contributed by atoms with Gasteiger partial charge in [-0.2, -0.15) is 0 Å². The molecule has 0 saturated heterocycles. The highest BCUT2D eigenvalue weighted by Gasteiger charge is 2.34. The molecule has 0 saturated carbocycles. The maximum absolute atomic E-state index is 12.9. The van der Waals surface area contributed by atoms with Gasteiger partial charge in [-0.25, -0.2) is 0 Å². The number of carbonyl (C=O) groups is 6. The molecule has 0 aliphatic rings. The molecule has 0 aromatic rings. The van der Waals surface area contributed by atoms with Gasteiger partial charge in [0.25, 0.3) is 0 Å². The van der Waals surface area contributed by atoms with Crippen molar-refractivity contribution in [1.29, 1.82) is 0 Å². The molecule has 12 nitrogen and oxygen atoms in total. The Morgan fingerprint density at radius 2 is 1.24 bits per heavy atom. The van der Waals surface area contributed by atoms with Gasteiger partial charge in [0, 0.05) is 42.3 Å². The Labute approximate surface area is 195 Å². The SMILES string of the molecule is CNC(=O)CN(C)C(=O)C(C(C)C)N(C)C(=O)CN(C)C(=O)C(C)N(C)C(=O)CN(C)C=O. The van der Waals surface area contributed by atoms with Crippen LogP contribution in [0.2, 0.25) is 0 Å². The van der Waals surface area contributed by atoms with Gasteiger partial charge in [-0.1, -0.05) is 13.8 Å². The average Bonchev–Trinajstić information content (AvgIpc) is 2.76. The maximum atomic E-state index is 12.9. The van der Waals surface area contributed by atoms with Gasteiger partial charge in [0.15, 0.2) is 0 Å². The molecular formula is C21H38N6O6. The average molecular weight is 471 g/mol. The number of nitrogens with zero attached hydrogens (tertiary/aromatic N) is 5. The zero-order valence-electron chi connectivity index (χ0n) is 21.1. The van der Waals surface area contributed by atoms with Crippen molar-refractivity contribution < 1.29 is 28.8 Å². The second kappa shape index (κ2) is 13.4. The lowest BCUT2D eigenvalue weighted by atomic mass is 10.0. The summed E-state index contributed by atoms with van der Waals surface area (Å²) in [6.07, 6.45) is 0.511. The van der Waals surface area contributed by atoms with Gasteiger partial charge in [0.05, 0.1) is 19.6 Å². The van der Waals surface area contributed by atoms with Crippen LogP contribution in [0.4, 0.5) is 0 Å². The molecule has 0 aliphatic carbocycles. The van der Waals surface area contributed by atoms with E-state index in [1.165, 1.54) is 68.8 Å². The quantitative estimate of drug-likeness (QED) is 0.331. The summed E-state index contributed by atoms with van der Waals surface area (Å²) < 4.78 is 0. The molecule has 0 radical (unpaired) electrons. The van der Waals surface area contributed by atoms with Crippen LogP contribution in [0.25, 0.3) is 0 Å². The second-order valence-corrected chi connectivity index (χ2v) is 8.46. The molecular weight excluding hydrogens is 432 g/mol. The minimum absolute atomic E-state index is 0.143. The first-order valence-corrected chi connectivity index (χ1v) is 10.6. The molecule has 2 unspecified atom stereocenters. The molecule has 0 aromatic carbocycles. The Morgan fingerprint density at radius 3 is 1.70 bits per heavy atom. The fourth-order valence-electron chi connectivity index (χ4n) is 3.11. The standard InChI is InChI=1S/C21H38N6O6/c1-14(2)19(21(33)24(6)10-16(29)22-4)27(9)18(31)12-25(7)20(32)15(3)26(8)17(30)11-23(5)13-28/h13-15,19H,10-12H2,1-9H3,(H,22,29). The molecule has 0 aliphatic heterocycles. The molecule has 2 atom stereocenters. The van der Waals surface area contributed by atoms with Crippen molar-refractivity contribution in [2.75, 3.05) is 61.9 Å². The van der Waals surface area contributed by atoms with E-state index in [2.05, 4.69) is 5.32 Å². The normalized spacial score (nSPS) is 12.3. The first-order valence-electron chi connectivity index (χ1n) is 10.6. The summed E-state index contributed by atoms with van der Waals surface area (Å²) in [5.74, 6) is -2.32. The summed E-state index contributed by atoms with van der Waals surface area (Å²) in [6, 6.07) is -1.68. The van der Waals surface area contributed by atoms with Crippen molar-refractivity contribution in [2.24, 2.45) is 5.92 Å². The summed E-state index contributed by atoms with van der Waals surface area (Å²) in [4.78, 5) is 79.1. The predicted octanol–water partition coefficient (Wildman–Crippen LogP) is -1.93. The van der Waals surface area contributed by atoms with Crippen molar-refractivity contribution in [1.82, 2.24) is 29.8 Å². The van der Waals surface area contributed by atoms with Crippen molar-refractivity contribution in [3.8, 4) is 0 Å². The van der Waals surface area contributed by atoms with E-state index in [0.29, 0.717) is 6.41 Å². The van der Waals surface area contributed by atoms with E-state index >= 15 is 0 Å². The Bertz CT molecular complexity index is 743. The van der Waals surface area contributed by atoms with E-state index in [-0.39, 0.29) is 31.5 Å². The van der Waals surface area contributed by atoms with Crippen LogP contribution in [-0.4, -0.2) is 134 Å². The molecule has 188 valence electrons. The van der Waals surface area contributed by atoms with Crippen LogP contribution in [-0.2, 0) is 28.8 Å². The molecule has 1 N–H and O–H groups in total. The third kappa shape index (κ3) is 8.70. The Morgan fingerprint density at radius 1 is 0.758 bits per heavy atom. The van der Waals surface area contributed by atoms with E-state index in [1.54, 1.807) is 13.8 Å². The fraction of sp³-hybridized carbons (Fsp3) is 0.714. The zero-order valence-corrected chi connectivity index (χ0v) is 21.1. The Kier molecular flexibility index (Phi) is 12.1. The van der Waals surface area contributed by atoms with Gasteiger partial charge in [0.2, 0.25) is 35.9 Å². The number of hydrogen-bond acceptors (Lipinski definition) is 6. The molecule has 12 heteroatoms. The fourth-order valence-corrected chi connectivity index (χ4v) is 3.11. The van der Waals surface area contributed by atoms with Crippen LogP contribution in [0, 0.1) is 5.92 Å². The molecule has 0 fully saturated rings. The minimum atomic E-state index is -0.859. The van der Waals surface area contributed by atoms with E-state index in [9.17, 15) is 28.8 Å². The summed E-state index contributed by atoms with van der Waals surface area (Å²) in [6.45, 7) is 4.48. The van der Waals surface area contributed by atoms with Gasteiger partial charge in [-0.05, 0) is 12.8 Å². The van der Waals surface area contributed by atoms with Crippen molar-refractivity contribution in [2.45, 2.75) is 32.9 Å². The number of hydrogen-bond donors (Lipinski definition) is 1. The van der Waals surface area contributed by atoms with Crippen LogP contribution in [0.5, 0.6) is 0 Å². The summed E-state index contributed by atoms with van der Waals surface area (Å²) in [5.41, 5.74) is 0. The lowest BCUT2D eigenvalue weighted by Gasteiger charge is -2.34. The summed E-state index contributed by atoms with van der Waals surface area (Å²) in [7, 11) is 8.76. The zero-order chi connectivity index (χ0) is 26.0. The second-order valence-electron chi connectivity index (χ2n) is 8.46. The molecule has 0 rings (SSSR count). The monoisotopic (exact) mass is 470 g/mol. The van der Waals surface area contributed by atoms with Gasteiger partial charge in [-0.15, -0.1) is 0 Å². The molecule has 0 heterocycles. The van der Waals surface area contributed by atoms with E-state index in [0.717, 1.165) is 4.90 Å². The topological polar surface area (TPSA) is 131 Å². The Balaban J connectivity index is 5.26. The van der Waals surface area contributed by atoms with Crippen LogP contribution < -0.4 is 5.32 Å². The predicted molar refractivity (Wildman–Crippen MR) is 122 cm³/mol. The van der Waals surface area contributed by atoms with Crippen LogP contribution in [0.1, 0.15) is 20.8 Å². The van der Waals surface area contributed by atoms with Crippen LogP contribution in [0.15, 0.2) is 0 Å². The number of amides is 6. The number of nitrogens with one attached hydrogen (secondary N) is 1. The van der Waals surface area contributed by atoms with Crippen LogP contribution >= 0.6 is 0 Å². The maximum Gasteiger partial charge on any atom is 0.245 e. The summed E-state index contributed by atoms with van der Waals surface area (Å²) >= 11 is 0. The molecule has 0 bridgehead atoms. The smallest absolute Gasteiger partial charge is 0.245 e. The molecule has 6 amide bonds. The number of rotatable bonds is 12.